The van der Waals surface area contributed by atoms with Crippen molar-refractivity contribution < 1.29 is 25.1 Å². The normalized spacial score (nSPS) is 11.5. The van der Waals surface area contributed by atoms with Crippen LogP contribution in [-0.4, -0.2) is 11.4 Å². The summed E-state index contributed by atoms with van der Waals surface area (Å²) >= 11 is 0. The molecule has 0 bridgehead atoms. The molecule has 2 aromatic rings. The summed E-state index contributed by atoms with van der Waals surface area (Å²) in [5, 5.41) is 0. The quantitative estimate of drug-likeness (QED) is 0.463. The van der Waals surface area contributed by atoms with Crippen LogP contribution in [0.3, 0.4) is 0 Å². The zero-order valence-electron chi connectivity index (χ0n) is 12.7. The van der Waals surface area contributed by atoms with Crippen molar-refractivity contribution in [1.82, 2.24) is 0 Å². The number of aryl methyl sites for hydroxylation is 1. The molecule has 2 rings (SSSR count). The topological polar surface area (TPSA) is 17.1 Å². The third-order valence-electron chi connectivity index (χ3n) is 3.02. The van der Waals surface area contributed by atoms with Gasteiger partial charge in [-0.3, -0.25) is 4.79 Å². The van der Waals surface area contributed by atoms with E-state index in [2.05, 4.69) is 9.24 Å². The maximum Gasteiger partial charge on any atom is 1.00 e. The van der Waals surface area contributed by atoms with Crippen LogP contribution < -0.4 is 18.9 Å². The van der Waals surface area contributed by atoms with Gasteiger partial charge in [0.15, 0.2) is 5.78 Å². The minimum absolute atomic E-state index is 0. The van der Waals surface area contributed by atoms with Gasteiger partial charge < -0.3 is 1.43 Å². The standard InChI is InChI=1S/C16H17OP.Li.H/c1-11-7-6-10-14(13-8-4-3-5-9-13)15(11)16(17)12(2)18;;/h3-10,12H,18H2,1-2H3;;/q;+1;-1. The molecule has 0 aromatic heterocycles. The summed E-state index contributed by atoms with van der Waals surface area (Å²) in [4.78, 5) is 12.3. The third-order valence-corrected chi connectivity index (χ3v) is 3.32. The molecule has 19 heavy (non-hydrogen) atoms. The zero-order valence-corrected chi connectivity index (χ0v) is 12.8. The Bertz CT molecular complexity index is 570. The summed E-state index contributed by atoms with van der Waals surface area (Å²) in [6, 6.07) is 16.1. The molecular formula is C16H18LiOP. The molecule has 0 spiro atoms. The van der Waals surface area contributed by atoms with Crippen molar-refractivity contribution in [2.24, 2.45) is 0 Å². The number of hydrogen-bond acceptors (Lipinski definition) is 1. The van der Waals surface area contributed by atoms with E-state index in [1.165, 1.54) is 0 Å². The number of hydrogen-bond donors (Lipinski definition) is 0. The molecule has 0 heterocycles. The van der Waals surface area contributed by atoms with Gasteiger partial charge in [-0.15, -0.1) is 9.24 Å². The maximum absolute atomic E-state index is 12.3. The van der Waals surface area contributed by atoms with Gasteiger partial charge >= 0.3 is 18.9 Å². The minimum atomic E-state index is -0.0615. The van der Waals surface area contributed by atoms with Crippen LogP contribution in [0.2, 0.25) is 0 Å². The fourth-order valence-electron chi connectivity index (χ4n) is 2.08. The monoisotopic (exact) mass is 264 g/mol. The Morgan fingerprint density at radius 1 is 1.11 bits per heavy atom. The van der Waals surface area contributed by atoms with Crippen molar-refractivity contribution in [3.8, 4) is 11.1 Å². The Kier molecular flexibility index (Phi) is 6.02. The predicted octanol–water partition coefficient (Wildman–Crippen LogP) is 1.22. The van der Waals surface area contributed by atoms with Gasteiger partial charge in [-0.2, -0.15) is 0 Å². The first-order valence-electron chi connectivity index (χ1n) is 6.06. The van der Waals surface area contributed by atoms with Gasteiger partial charge in [0.1, 0.15) is 0 Å². The molecule has 2 unspecified atom stereocenters. The Balaban J connectivity index is 0.00000180. The molecule has 2 atom stereocenters. The van der Waals surface area contributed by atoms with Crippen molar-refractivity contribution in [3.63, 3.8) is 0 Å². The molecule has 0 fully saturated rings. The second-order valence-electron chi connectivity index (χ2n) is 4.52. The summed E-state index contributed by atoms with van der Waals surface area (Å²) in [5.74, 6) is 0.178. The second-order valence-corrected chi connectivity index (χ2v) is 5.52. The van der Waals surface area contributed by atoms with Crippen molar-refractivity contribution in [2.45, 2.75) is 19.5 Å². The molecule has 0 aliphatic carbocycles. The van der Waals surface area contributed by atoms with Crippen LogP contribution in [0.25, 0.3) is 11.1 Å². The Hall–Kier alpha value is -0.863. The summed E-state index contributed by atoms with van der Waals surface area (Å²) < 4.78 is 0. The van der Waals surface area contributed by atoms with Crippen molar-refractivity contribution in [2.75, 3.05) is 0 Å². The molecule has 1 nitrogen and oxygen atoms in total. The smallest absolute Gasteiger partial charge is 1.00 e. The van der Waals surface area contributed by atoms with E-state index in [0.717, 1.165) is 22.3 Å². The fraction of sp³-hybridized carbons (Fsp3) is 0.188. The molecule has 2 aromatic carbocycles. The molecule has 0 aliphatic rings. The number of carbonyl (C=O) groups is 1. The SMILES string of the molecule is Cc1cccc(-c2ccccc2)c1C(=O)C(C)P.[H-].[Li+]. The van der Waals surface area contributed by atoms with Crippen LogP contribution in [0.4, 0.5) is 0 Å². The predicted molar refractivity (Wildman–Crippen MR) is 81.2 cm³/mol. The van der Waals surface area contributed by atoms with Gasteiger partial charge in [0, 0.05) is 11.2 Å². The Morgan fingerprint density at radius 2 is 1.74 bits per heavy atom. The van der Waals surface area contributed by atoms with Crippen LogP contribution in [-0.2, 0) is 0 Å². The molecule has 3 heteroatoms. The zero-order chi connectivity index (χ0) is 13.1. The second kappa shape index (κ2) is 7.06. The fourth-order valence-corrected chi connectivity index (χ4v) is 2.25. The molecular weight excluding hydrogens is 246 g/mol. The van der Waals surface area contributed by atoms with E-state index in [1.807, 2.05) is 62.4 Å². The molecule has 0 radical (unpaired) electrons. The third kappa shape index (κ3) is 3.58. The van der Waals surface area contributed by atoms with E-state index < -0.39 is 0 Å². The van der Waals surface area contributed by atoms with E-state index >= 15 is 0 Å². The molecule has 0 saturated carbocycles. The molecule has 0 saturated heterocycles. The first-order chi connectivity index (χ1) is 8.61. The molecule has 0 N–H and O–H groups in total. The largest absolute Gasteiger partial charge is 1.00 e. The number of ketones is 1. The Morgan fingerprint density at radius 3 is 2.32 bits per heavy atom. The average molecular weight is 264 g/mol. The van der Waals surface area contributed by atoms with Gasteiger partial charge in [-0.1, -0.05) is 55.5 Å². The number of Topliss-reactive ketones (excluding diaryl/α,β-unsaturated/α-hetero) is 1. The van der Waals surface area contributed by atoms with E-state index in [9.17, 15) is 4.79 Å². The summed E-state index contributed by atoms with van der Waals surface area (Å²) in [6.45, 7) is 3.90. The first-order valence-corrected chi connectivity index (χ1v) is 6.72. The number of carbonyl (C=O) groups excluding carboxylic acids is 1. The first kappa shape index (κ1) is 16.2. The van der Waals surface area contributed by atoms with Crippen LogP contribution in [0.5, 0.6) is 0 Å². The van der Waals surface area contributed by atoms with Gasteiger partial charge in [0.25, 0.3) is 0 Å². The van der Waals surface area contributed by atoms with E-state index in [0.29, 0.717) is 0 Å². The van der Waals surface area contributed by atoms with Gasteiger partial charge in [-0.05, 0) is 23.6 Å². The van der Waals surface area contributed by atoms with Crippen LogP contribution in [0.1, 0.15) is 24.3 Å². The Labute approximate surface area is 130 Å². The van der Waals surface area contributed by atoms with Gasteiger partial charge in [0.2, 0.25) is 0 Å². The maximum atomic E-state index is 12.3. The van der Waals surface area contributed by atoms with Crippen LogP contribution in [0.15, 0.2) is 48.5 Å². The van der Waals surface area contributed by atoms with Gasteiger partial charge in [-0.25, -0.2) is 0 Å². The van der Waals surface area contributed by atoms with Crippen LogP contribution in [0, 0.1) is 6.92 Å². The van der Waals surface area contributed by atoms with Crippen molar-refractivity contribution >= 4 is 15.0 Å². The summed E-state index contributed by atoms with van der Waals surface area (Å²) in [5.41, 5.74) is 3.93. The van der Waals surface area contributed by atoms with Crippen molar-refractivity contribution in [3.05, 3.63) is 59.7 Å². The van der Waals surface area contributed by atoms with E-state index in [4.69, 9.17) is 0 Å². The number of benzene rings is 2. The number of rotatable bonds is 3. The van der Waals surface area contributed by atoms with E-state index in [-0.39, 0.29) is 31.7 Å². The van der Waals surface area contributed by atoms with E-state index in [1.54, 1.807) is 0 Å². The molecule has 0 aliphatic heterocycles. The minimum Gasteiger partial charge on any atom is -1.00 e. The van der Waals surface area contributed by atoms with Gasteiger partial charge in [0.05, 0.1) is 0 Å². The summed E-state index contributed by atoms with van der Waals surface area (Å²) in [6.07, 6.45) is 0. The summed E-state index contributed by atoms with van der Waals surface area (Å²) in [7, 11) is 2.58. The average Bonchev–Trinajstić information content (AvgIpc) is 2.38. The molecule has 0 amide bonds. The van der Waals surface area contributed by atoms with Crippen molar-refractivity contribution in [1.29, 1.82) is 0 Å². The van der Waals surface area contributed by atoms with Crippen LogP contribution >= 0.6 is 9.24 Å². The molecule has 94 valence electrons.